The van der Waals surface area contributed by atoms with Crippen molar-refractivity contribution in [3.05, 3.63) is 37.8 Å². The number of thiophene rings is 1. The van der Waals surface area contributed by atoms with Crippen LogP contribution in [0.3, 0.4) is 0 Å². The van der Waals surface area contributed by atoms with Crippen molar-refractivity contribution in [1.82, 2.24) is 9.97 Å². The molecule has 3 nitrogen and oxygen atoms in total. The van der Waals surface area contributed by atoms with E-state index in [0.29, 0.717) is 10.3 Å². The van der Waals surface area contributed by atoms with Crippen molar-refractivity contribution in [2.45, 2.75) is 0 Å². The fraction of sp³-hybridized carbons (Fsp3) is 0. The lowest BCUT2D eigenvalue weighted by Crippen LogP contribution is -2.08. The van der Waals surface area contributed by atoms with Crippen LogP contribution in [0.2, 0.25) is 0 Å². The van der Waals surface area contributed by atoms with E-state index in [1.54, 1.807) is 11.3 Å². The molecule has 0 spiro atoms. The van der Waals surface area contributed by atoms with Crippen molar-refractivity contribution >= 4 is 27.3 Å². The summed E-state index contributed by atoms with van der Waals surface area (Å²) in [6, 6.07) is 1.91. The standard InChI is InChI=1S/C8H5BrN2OS/c9-6-3-10-7(11-8(6)12)5-1-2-13-4-5/h1-4H,(H,10,11,12). The molecule has 66 valence electrons. The zero-order chi connectivity index (χ0) is 9.26. The number of nitrogens with one attached hydrogen (secondary N) is 1. The SMILES string of the molecule is O=c1[nH]c(-c2ccsc2)ncc1Br. The van der Waals surface area contributed by atoms with Crippen LogP contribution in [0.1, 0.15) is 0 Å². The zero-order valence-electron chi connectivity index (χ0n) is 6.45. The number of hydrogen-bond acceptors (Lipinski definition) is 3. The molecule has 5 heteroatoms. The van der Waals surface area contributed by atoms with Gasteiger partial charge >= 0.3 is 0 Å². The van der Waals surface area contributed by atoms with E-state index in [1.807, 2.05) is 16.8 Å². The molecule has 1 N–H and O–H groups in total. The Bertz CT molecular complexity index is 463. The molecule has 0 unspecified atom stereocenters. The molecule has 2 aromatic rings. The average molecular weight is 257 g/mol. The van der Waals surface area contributed by atoms with Gasteiger partial charge in [-0.2, -0.15) is 11.3 Å². The maximum atomic E-state index is 11.2. The monoisotopic (exact) mass is 256 g/mol. The zero-order valence-corrected chi connectivity index (χ0v) is 8.85. The Kier molecular flexibility index (Phi) is 2.28. The van der Waals surface area contributed by atoms with Crippen LogP contribution in [-0.2, 0) is 0 Å². The van der Waals surface area contributed by atoms with Crippen molar-refractivity contribution in [3.63, 3.8) is 0 Å². The van der Waals surface area contributed by atoms with Gasteiger partial charge in [-0.3, -0.25) is 4.79 Å². The molecule has 2 heterocycles. The Morgan fingerprint density at radius 1 is 1.54 bits per heavy atom. The number of halogens is 1. The summed E-state index contributed by atoms with van der Waals surface area (Å²) in [5, 5.41) is 3.88. The van der Waals surface area contributed by atoms with Gasteiger partial charge in [-0.25, -0.2) is 4.98 Å². The third-order valence-electron chi connectivity index (χ3n) is 1.55. The van der Waals surface area contributed by atoms with E-state index in [-0.39, 0.29) is 5.56 Å². The number of rotatable bonds is 1. The van der Waals surface area contributed by atoms with Crippen molar-refractivity contribution in [1.29, 1.82) is 0 Å². The molecule has 0 aliphatic heterocycles. The quantitative estimate of drug-likeness (QED) is 0.851. The Labute approximate surface area is 86.6 Å². The van der Waals surface area contributed by atoms with Crippen molar-refractivity contribution in [3.8, 4) is 11.4 Å². The smallest absolute Gasteiger partial charge is 0.265 e. The molecule has 0 saturated carbocycles. The van der Waals surface area contributed by atoms with E-state index < -0.39 is 0 Å². The van der Waals surface area contributed by atoms with Gasteiger partial charge in [0.25, 0.3) is 5.56 Å². The molecule has 0 radical (unpaired) electrons. The Balaban J connectivity index is 2.55. The molecule has 0 aliphatic carbocycles. The van der Waals surface area contributed by atoms with Crippen LogP contribution in [-0.4, -0.2) is 9.97 Å². The van der Waals surface area contributed by atoms with Gasteiger partial charge in [-0.1, -0.05) is 0 Å². The van der Waals surface area contributed by atoms with Crippen LogP contribution in [0.4, 0.5) is 0 Å². The van der Waals surface area contributed by atoms with Crippen molar-refractivity contribution < 1.29 is 0 Å². The molecule has 0 saturated heterocycles. The Morgan fingerprint density at radius 2 is 2.38 bits per heavy atom. The third-order valence-corrected chi connectivity index (χ3v) is 2.80. The Morgan fingerprint density at radius 3 is 3.00 bits per heavy atom. The number of hydrogen-bond donors (Lipinski definition) is 1. The van der Waals surface area contributed by atoms with E-state index in [4.69, 9.17) is 0 Å². The van der Waals surface area contributed by atoms with Crippen molar-refractivity contribution in [2.24, 2.45) is 0 Å². The highest BCUT2D eigenvalue weighted by molar-refractivity contribution is 9.10. The first-order valence-corrected chi connectivity index (χ1v) is 5.28. The summed E-state index contributed by atoms with van der Waals surface area (Å²) in [4.78, 5) is 18.0. The molecule has 0 aromatic carbocycles. The highest BCUT2D eigenvalue weighted by Gasteiger charge is 2.01. The predicted molar refractivity (Wildman–Crippen MR) is 55.9 cm³/mol. The minimum atomic E-state index is -0.156. The average Bonchev–Trinajstić information content (AvgIpc) is 2.62. The topological polar surface area (TPSA) is 45.8 Å². The molecule has 0 amide bonds. The predicted octanol–water partition coefficient (Wildman–Crippen LogP) is 2.26. The lowest BCUT2D eigenvalue weighted by atomic mass is 10.3. The van der Waals surface area contributed by atoms with E-state index in [1.165, 1.54) is 6.20 Å². The maximum Gasteiger partial charge on any atom is 0.265 e. The van der Waals surface area contributed by atoms with Crippen LogP contribution < -0.4 is 5.56 Å². The van der Waals surface area contributed by atoms with Gasteiger partial charge < -0.3 is 4.98 Å². The van der Waals surface area contributed by atoms with Crippen LogP contribution in [0, 0.1) is 0 Å². The fourth-order valence-corrected chi connectivity index (χ4v) is 1.77. The van der Waals surface area contributed by atoms with Crippen LogP contribution in [0.5, 0.6) is 0 Å². The Hall–Kier alpha value is -0.940. The summed E-state index contributed by atoms with van der Waals surface area (Å²) < 4.78 is 0.450. The van der Waals surface area contributed by atoms with Gasteiger partial charge in [0.1, 0.15) is 10.3 Å². The molecule has 0 fully saturated rings. The summed E-state index contributed by atoms with van der Waals surface area (Å²) >= 11 is 4.66. The number of H-pyrrole nitrogens is 1. The number of nitrogens with zero attached hydrogens (tertiary/aromatic N) is 1. The number of aromatic amines is 1. The largest absolute Gasteiger partial charge is 0.306 e. The van der Waals surface area contributed by atoms with E-state index >= 15 is 0 Å². The maximum absolute atomic E-state index is 11.2. The van der Waals surface area contributed by atoms with Gasteiger partial charge in [0.2, 0.25) is 0 Å². The minimum absolute atomic E-state index is 0.156. The lowest BCUT2D eigenvalue weighted by Gasteiger charge is -1.95. The van der Waals surface area contributed by atoms with E-state index in [9.17, 15) is 4.79 Å². The molecule has 0 aliphatic rings. The highest BCUT2D eigenvalue weighted by Crippen LogP contribution is 2.16. The van der Waals surface area contributed by atoms with Gasteiger partial charge in [0, 0.05) is 17.1 Å². The summed E-state index contributed by atoms with van der Waals surface area (Å²) in [5.74, 6) is 0.606. The van der Waals surface area contributed by atoms with Gasteiger partial charge in [-0.05, 0) is 27.4 Å². The molecule has 13 heavy (non-hydrogen) atoms. The van der Waals surface area contributed by atoms with Crippen LogP contribution >= 0.6 is 27.3 Å². The molecule has 0 atom stereocenters. The molecule has 0 bridgehead atoms. The summed E-state index contributed by atoms with van der Waals surface area (Å²) in [6.07, 6.45) is 1.51. The van der Waals surface area contributed by atoms with Crippen LogP contribution in [0.15, 0.2) is 32.3 Å². The summed E-state index contributed by atoms with van der Waals surface area (Å²) in [7, 11) is 0. The highest BCUT2D eigenvalue weighted by atomic mass is 79.9. The minimum Gasteiger partial charge on any atom is -0.306 e. The first-order chi connectivity index (χ1) is 6.27. The fourth-order valence-electron chi connectivity index (χ4n) is 0.925. The van der Waals surface area contributed by atoms with Crippen LogP contribution in [0.25, 0.3) is 11.4 Å². The second-order valence-corrected chi connectivity index (χ2v) is 4.06. The first kappa shape index (κ1) is 8.65. The van der Waals surface area contributed by atoms with Gasteiger partial charge in [-0.15, -0.1) is 0 Å². The third kappa shape index (κ3) is 1.71. The summed E-state index contributed by atoms with van der Waals surface area (Å²) in [5.41, 5.74) is 0.783. The first-order valence-electron chi connectivity index (χ1n) is 3.55. The molecule has 2 aromatic heterocycles. The van der Waals surface area contributed by atoms with Gasteiger partial charge in [0.05, 0.1) is 0 Å². The number of aromatic nitrogens is 2. The second kappa shape index (κ2) is 3.43. The lowest BCUT2D eigenvalue weighted by molar-refractivity contribution is 1.11. The van der Waals surface area contributed by atoms with Gasteiger partial charge in [0.15, 0.2) is 0 Å². The normalized spacial score (nSPS) is 10.2. The molecular weight excluding hydrogens is 252 g/mol. The van der Waals surface area contributed by atoms with E-state index in [0.717, 1.165) is 5.56 Å². The van der Waals surface area contributed by atoms with E-state index in [2.05, 4.69) is 25.9 Å². The summed E-state index contributed by atoms with van der Waals surface area (Å²) in [6.45, 7) is 0. The molecule has 2 rings (SSSR count). The van der Waals surface area contributed by atoms with Crippen molar-refractivity contribution in [2.75, 3.05) is 0 Å². The second-order valence-electron chi connectivity index (χ2n) is 2.42. The molecular formula is C8H5BrN2OS.